The van der Waals surface area contributed by atoms with E-state index < -0.39 is 0 Å². The molecule has 1 aliphatic carbocycles. The molecule has 2 rings (SSSR count). The molecular formula is C11H20N2O. The third-order valence-electron chi connectivity index (χ3n) is 3.47. The predicted octanol–water partition coefficient (Wildman–Crippen LogP) is 1.84. The van der Waals surface area contributed by atoms with E-state index in [4.69, 9.17) is 0 Å². The summed E-state index contributed by atoms with van der Waals surface area (Å²) < 4.78 is 0. The summed E-state index contributed by atoms with van der Waals surface area (Å²) in [6.07, 6.45) is 5.35. The van der Waals surface area contributed by atoms with Gasteiger partial charge in [-0.3, -0.25) is 0 Å². The second-order valence-electron chi connectivity index (χ2n) is 4.82. The highest BCUT2D eigenvalue weighted by Gasteiger charge is 2.25. The minimum atomic E-state index is 0.142. The van der Waals surface area contributed by atoms with Gasteiger partial charge in [0.15, 0.2) is 0 Å². The van der Waals surface area contributed by atoms with E-state index in [0.717, 1.165) is 31.5 Å². The lowest BCUT2D eigenvalue weighted by atomic mass is 9.82. The highest BCUT2D eigenvalue weighted by molar-refractivity contribution is 5.76. The van der Waals surface area contributed by atoms with Gasteiger partial charge in [-0.1, -0.05) is 19.8 Å². The van der Waals surface area contributed by atoms with Crippen molar-refractivity contribution >= 4 is 6.03 Å². The summed E-state index contributed by atoms with van der Waals surface area (Å²) in [5, 5.41) is 2.86. The number of nitrogens with zero attached hydrogens (tertiary/aromatic N) is 1. The van der Waals surface area contributed by atoms with Gasteiger partial charge in [0.2, 0.25) is 0 Å². The van der Waals surface area contributed by atoms with E-state index in [1.54, 1.807) is 0 Å². The second kappa shape index (κ2) is 4.20. The number of rotatable bonds is 2. The topological polar surface area (TPSA) is 32.3 Å². The predicted molar refractivity (Wildman–Crippen MR) is 56.1 cm³/mol. The van der Waals surface area contributed by atoms with Crippen LogP contribution in [0, 0.1) is 11.8 Å². The number of carbonyl (C=O) groups excluding carboxylic acids is 1. The van der Waals surface area contributed by atoms with Crippen LogP contribution in [0.15, 0.2) is 0 Å². The fraction of sp³-hybridized carbons (Fsp3) is 0.909. The fourth-order valence-corrected chi connectivity index (χ4v) is 2.72. The summed E-state index contributed by atoms with van der Waals surface area (Å²) in [6, 6.07) is 0.142. The highest BCUT2D eigenvalue weighted by Crippen LogP contribution is 2.29. The maximum absolute atomic E-state index is 11.3. The van der Waals surface area contributed by atoms with Crippen molar-refractivity contribution in [2.75, 3.05) is 19.6 Å². The minimum absolute atomic E-state index is 0.142. The van der Waals surface area contributed by atoms with Crippen LogP contribution in [0.25, 0.3) is 0 Å². The average Bonchev–Trinajstić information content (AvgIpc) is 2.52. The van der Waals surface area contributed by atoms with Gasteiger partial charge in [-0.05, 0) is 24.7 Å². The zero-order chi connectivity index (χ0) is 9.97. The SMILES string of the molecule is CC1CCCC(CN2CCNC2=O)C1. The van der Waals surface area contributed by atoms with Crippen LogP contribution in [0.5, 0.6) is 0 Å². The molecule has 1 saturated heterocycles. The summed E-state index contributed by atoms with van der Waals surface area (Å²) in [6.45, 7) is 5.05. The maximum atomic E-state index is 11.3. The molecule has 0 spiro atoms. The molecule has 2 aliphatic rings. The molecule has 0 radical (unpaired) electrons. The molecule has 1 heterocycles. The number of amides is 2. The van der Waals surface area contributed by atoms with Gasteiger partial charge in [-0.2, -0.15) is 0 Å². The molecule has 2 unspecified atom stereocenters. The molecule has 3 nitrogen and oxygen atoms in total. The van der Waals surface area contributed by atoms with Gasteiger partial charge >= 0.3 is 6.03 Å². The van der Waals surface area contributed by atoms with E-state index in [0.29, 0.717) is 0 Å². The Morgan fingerprint density at radius 3 is 3.00 bits per heavy atom. The van der Waals surface area contributed by atoms with Gasteiger partial charge < -0.3 is 10.2 Å². The van der Waals surface area contributed by atoms with Crippen molar-refractivity contribution in [1.29, 1.82) is 0 Å². The van der Waals surface area contributed by atoms with Crippen LogP contribution in [0.4, 0.5) is 4.79 Å². The average molecular weight is 196 g/mol. The maximum Gasteiger partial charge on any atom is 0.317 e. The summed E-state index contributed by atoms with van der Waals surface area (Å²) in [7, 11) is 0. The molecular weight excluding hydrogens is 176 g/mol. The van der Waals surface area contributed by atoms with Crippen LogP contribution in [0.2, 0.25) is 0 Å². The molecule has 1 N–H and O–H groups in total. The number of carbonyl (C=O) groups is 1. The van der Waals surface area contributed by atoms with Gasteiger partial charge in [0, 0.05) is 19.6 Å². The Morgan fingerprint density at radius 2 is 2.36 bits per heavy atom. The zero-order valence-corrected chi connectivity index (χ0v) is 8.96. The zero-order valence-electron chi connectivity index (χ0n) is 8.96. The van der Waals surface area contributed by atoms with Crippen LogP contribution in [-0.2, 0) is 0 Å². The van der Waals surface area contributed by atoms with Crippen molar-refractivity contribution < 1.29 is 4.79 Å². The van der Waals surface area contributed by atoms with E-state index >= 15 is 0 Å². The molecule has 1 saturated carbocycles. The number of nitrogens with one attached hydrogen (secondary N) is 1. The van der Waals surface area contributed by atoms with Gasteiger partial charge in [0.25, 0.3) is 0 Å². The summed E-state index contributed by atoms with van der Waals surface area (Å²) in [5.74, 6) is 1.61. The monoisotopic (exact) mass is 196 g/mol. The van der Waals surface area contributed by atoms with E-state index in [2.05, 4.69) is 12.2 Å². The smallest absolute Gasteiger partial charge is 0.317 e. The Balaban J connectivity index is 1.81. The largest absolute Gasteiger partial charge is 0.336 e. The molecule has 0 bridgehead atoms. The molecule has 0 aromatic carbocycles. The molecule has 14 heavy (non-hydrogen) atoms. The molecule has 80 valence electrons. The van der Waals surface area contributed by atoms with Crippen molar-refractivity contribution in [3.05, 3.63) is 0 Å². The number of hydrogen-bond acceptors (Lipinski definition) is 1. The Hall–Kier alpha value is -0.730. The van der Waals surface area contributed by atoms with E-state index in [-0.39, 0.29) is 6.03 Å². The molecule has 3 heteroatoms. The molecule has 2 amide bonds. The van der Waals surface area contributed by atoms with Crippen LogP contribution < -0.4 is 5.32 Å². The first-order valence-electron chi connectivity index (χ1n) is 5.78. The first kappa shape index (κ1) is 9.81. The Bertz CT molecular complexity index is 217. The summed E-state index contributed by atoms with van der Waals surface area (Å²) >= 11 is 0. The lowest BCUT2D eigenvalue weighted by Gasteiger charge is -2.29. The van der Waals surface area contributed by atoms with Crippen molar-refractivity contribution in [1.82, 2.24) is 10.2 Å². The summed E-state index contributed by atoms with van der Waals surface area (Å²) in [5.41, 5.74) is 0. The van der Waals surface area contributed by atoms with Gasteiger partial charge in [0.05, 0.1) is 0 Å². The van der Waals surface area contributed by atoms with E-state index in [1.807, 2.05) is 4.90 Å². The fourth-order valence-electron chi connectivity index (χ4n) is 2.72. The third kappa shape index (κ3) is 2.20. The van der Waals surface area contributed by atoms with Gasteiger partial charge in [0.1, 0.15) is 0 Å². The Kier molecular flexibility index (Phi) is 2.94. The third-order valence-corrected chi connectivity index (χ3v) is 3.47. The first-order chi connectivity index (χ1) is 6.75. The standard InChI is InChI=1S/C11H20N2O/c1-9-3-2-4-10(7-9)8-13-6-5-12-11(13)14/h9-10H,2-8H2,1H3,(H,12,14). The first-order valence-corrected chi connectivity index (χ1v) is 5.78. The molecule has 0 aromatic heterocycles. The lowest BCUT2D eigenvalue weighted by Crippen LogP contribution is -2.34. The molecule has 2 atom stereocenters. The Labute approximate surface area is 85.8 Å². The summed E-state index contributed by atoms with van der Waals surface area (Å²) in [4.78, 5) is 13.3. The van der Waals surface area contributed by atoms with Crippen LogP contribution in [-0.4, -0.2) is 30.6 Å². The van der Waals surface area contributed by atoms with Gasteiger partial charge in [-0.25, -0.2) is 4.79 Å². The van der Waals surface area contributed by atoms with Crippen LogP contribution in [0.1, 0.15) is 32.6 Å². The molecule has 0 aromatic rings. The quantitative estimate of drug-likeness (QED) is 0.718. The molecule has 2 fully saturated rings. The van der Waals surface area contributed by atoms with E-state index in [9.17, 15) is 4.79 Å². The Morgan fingerprint density at radius 1 is 1.50 bits per heavy atom. The van der Waals surface area contributed by atoms with E-state index in [1.165, 1.54) is 25.7 Å². The van der Waals surface area contributed by atoms with Gasteiger partial charge in [-0.15, -0.1) is 0 Å². The number of urea groups is 1. The highest BCUT2D eigenvalue weighted by atomic mass is 16.2. The second-order valence-corrected chi connectivity index (χ2v) is 4.82. The van der Waals surface area contributed by atoms with Crippen molar-refractivity contribution in [2.24, 2.45) is 11.8 Å². The van der Waals surface area contributed by atoms with Crippen LogP contribution >= 0.6 is 0 Å². The minimum Gasteiger partial charge on any atom is -0.336 e. The van der Waals surface area contributed by atoms with Crippen molar-refractivity contribution in [3.63, 3.8) is 0 Å². The van der Waals surface area contributed by atoms with Crippen LogP contribution in [0.3, 0.4) is 0 Å². The molecule has 1 aliphatic heterocycles. The number of hydrogen-bond donors (Lipinski definition) is 1. The van der Waals surface area contributed by atoms with Crippen molar-refractivity contribution in [3.8, 4) is 0 Å². The normalized spacial score (nSPS) is 33.2. The lowest BCUT2D eigenvalue weighted by molar-refractivity contribution is 0.189. The van der Waals surface area contributed by atoms with Crippen molar-refractivity contribution in [2.45, 2.75) is 32.6 Å².